The van der Waals surface area contributed by atoms with Crippen LogP contribution in [-0.2, 0) is 4.79 Å². The molecule has 4 heteroatoms. The van der Waals surface area contributed by atoms with Gasteiger partial charge in [-0.2, -0.15) is 0 Å². The van der Waals surface area contributed by atoms with Crippen molar-refractivity contribution in [2.75, 3.05) is 0 Å². The molecule has 22 heavy (non-hydrogen) atoms. The van der Waals surface area contributed by atoms with Gasteiger partial charge in [0.05, 0.1) is 0 Å². The van der Waals surface area contributed by atoms with Crippen LogP contribution in [0.2, 0.25) is 0 Å². The summed E-state index contributed by atoms with van der Waals surface area (Å²) in [5.74, 6) is 0. The predicted molar refractivity (Wildman–Crippen MR) is 91.4 cm³/mol. The van der Waals surface area contributed by atoms with Crippen LogP contribution in [0.25, 0.3) is 0 Å². The van der Waals surface area contributed by atoms with Gasteiger partial charge in [-0.3, -0.25) is 14.9 Å². The Morgan fingerprint density at radius 3 is 1.45 bits per heavy atom. The standard InChI is InChI=1S/C18H34NO3/c1-2-3-4-5-6-7-8-9-10-11-12-13-14-15-16-18(17-20)19(21)22/h18H,2-16H2,1H3. The maximum atomic E-state index is 10.4. The van der Waals surface area contributed by atoms with Gasteiger partial charge in [-0.25, -0.2) is 0 Å². The zero-order valence-electron chi connectivity index (χ0n) is 14.4. The number of hydrogen-bond acceptors (Lipinski definition) is 3. The highest BCUT2D eigenvalue weighted by Gasteiger charge is 2.18. The molecule has 0 aliphatic rings. The monoisotopic (exact) mass is 312 g/mol. The van der Waals surface area contributed by atoms with Gasteiger partial charge in [0.2, 0.25) is 0 Å². The van der Waals surface area contributed by atoms with Gasteiger partial charge < -0.3 is 0 Å². The van der Waals surface area contributed by atoms with E-state index in [1.54, 1.807) is 0 Å². The zero-order chi connectivity index (χ0) is 16.5. The van der Waals surface area contributed by atoms with Crippen LogP contribution >= 0.6 is 0 Å². The highest BCUT2D eigenvalue weighted by atomic mass is 16.6. The van der Waals surface area contributed by atoms with Crippen LogP contribution in [-0.4, -0.2) is 17.3 Å². The lowest BCUT2D eigenvalue weighted by Crippen LogP contribution is -2.20. The summed E-state index contributed by atoms with van der Waals surface area (Å²) >= 11 is 0. The maximum Gasteiger partial charge on any atom is 0.278 e. The Hall–Kier alpha value is -0.930. The third kappa shape index (κ3) is 14.0. The number of unbranched alkanes of at least 4 members (excludes halogenated alkanes) is 13. The molecule has 0 aromatic rings. The van der Waals surface area contributed by atoms with E-state index in [0.29, 0.717) is 6.42 Å². The van der Waals surface area contributed by atoms with Crippen LogP contribution < -0.4 is 0 Å². The van der Waals surface area contributed by atoms with E-state index >= 15 is 0 Å². The van der Waals surface area contributed by atoms with E-state index in [0.717, 1.165) is 19.3 Å². The van der Waals surface area contributed by atoms with Crippen LogP contribution in [0.3, 0.4) is 0 Å². The second-order valence-electron chi connectivity index (χ2n) is 6.30. The van der Waals surface area contributed by atoms with Gasteiger partial charge in [0.15, 0.2) is 0 Å². The lowest BCUT2D eigenvalue weighted by atomic mass is 10.0. The molecule has 0 heterocycles. The van der Waals surface area contributed by atoms with E-state index in [1.165, 1.54) is 76.9 Å². The van der Waals surface area contributed by atoms with Crippen molar-refractivity contribution in [3.05, 3.63) is 10.1 Å². The fraction of sp³-hybridized carbons (Fsp3) is 0.944. The Bertz CT molecular complexity index is 269. The fourth-order valence-corrected chi connectivity index (χ4v) is 2.74. The fourth-order valence-electron chi connectivity index (χ4n) is 2.74. The van der Waals surface area contributed by atoms with Crippen molar-refractivity contribution in [2.45, 2.75) is 109 Å². The Morgan fingerprint density at radius 1 is 0.773 bits per heavy atom. The Balaban J connectivity index is 3.14. The first kappa shape index (κ1) is 21.1. The van der Waals surface area contributed by atoms with Gasteiger partial charge in [0.25, 0.3) is 12.3 Å². The largest absolute Gasteiger partial charge is 0.283 e. The van der Waals surface area contributed by atoms with Crippen LogP contribution in [0, 0.1) is 10.1 Å². The summed E-state index contributed by atoms with van der Waals surface area (Å²) in [7, 11) is 0. The first-order chi connectivity index (χ1) is 10.7. The molecule has 0 saturated heterocycles. The van der Waals surface area contributed by atoms with Crippen molar-refractivity contribution in [2.24, 2.45) is 0 Å². The normalized spacial score (nSPS) is 12.2. The Kier molecular flexibility index (Phi) is 15.7. The first-order valence-corrected chi connectivity index (χ1v) is 9.23. The molecule has 1 atom stereocenters. The number of hydrogen-bond donors (Lipinski definition) is 0. The molecule has 0 saturated carbocycles. The first-order valence-electron chi connectivity index (χ1n) is 9.23. The van der Waals surface area contributed by atoms with Crippen LogP contribution in [0.5, 0.6) is 0 Å². The summed E-state index contributed by atoms with van der Waals surface area (Å²) in [6.07, 6.45) is 19.5. The molecule has 0 fully saturated rings. The van der Waals surface area contributed by atoms with Crippen LogP contribution in [0.4, 0.5) is 0 Å². The molecular formula is C18H34NO3. The molecule has 129 valence electrons. The number of nitro groups is 1. The summed E-state index contributed by atoms with van der Waals surface area (Å²) in [6.45, 7) is 2.25. The molecule has 0 amide bonds. The van der Waals surface area contributed by atoms with Crippen LogP contribution in [0.1, 0.15) is 103 Å². The molecule has 0 aromatic carbocycles. The highest BCUT2D eigenvalue weighted by molar-refractivity contribution is 5.56. The maximum absolute atomic E-state index is 10.4. The van der Waals surface area contributed by atoms with Gasteiger partial charge in [-0.15, -0.1) is 0 Å². The molecule has 0 aliphatic heterocycles. The molecule has 1 radical (unpaired) electrons. The van der Waals surface area contributed by atoms with E-state index in [4.69, 9.17) is 0 Å². The lowest BCUT2D eigenvalue weighted by Gasteiger charge is -2.04. The molecule has 0 rings (SSSR count). The average Bonchev–Trinajstić information content (AvgIpc) is 2.51. The third-order valence-electron chi connectivity index (χ3n) is 4.22. The van der Waals surface area contributed by atoms with Crippen molar-refractivity contribution in [1.29, 1.82) is 0 Å². The number of nitrogens with zero attached hydrogens (tertiary/aromatic N) is 1. The van der Waals surface area contributed by atoms with Crippen LogP contribution in [0.15, 0.2) is 0 Å². The Morgan fingerprint density at radius 2 is 1.14 bits per heavy atom. The molecule has 0 aliphatic carbocycles. The van der Waals surface area contributed by atoms with Crippen molar-refractivity contribution < 1.29 is 9.72 Å². The molecular weight excluding hydrogens is 278 g/mol. The van der Waals surface area contributed by atoms with E-state index in [9.17, 15) is 14.9 Å². The van der Waals surface area contributed by atoms with Gasteiger partial charge >= 0.3 is 0 Å². The van der Waals surface area contributed by atoms with Crippen molar-refractivity contribution in [1.82, 2.24) is 0 Å². The third-order valence-corrected chi connectivity index (χ3v) is 4.22. The summed E-state index contributed by atoms with van der Waals surface area (Å²) in [4.78, 5) is 20.3. The minimum absolute atomic E-state index is 0.342. The summed E-state index contributed by atoms with van der Waals surface area (Å²) in [6, 6.07) is -1.11. The van der Waals surface area contributed by atoms with Gasteiger partial charge in [0, 0.05) is 11.3 Å². The molecule has 4 nitrogen and oxygen atoms in total. The Labute approximate surface area is 136 Å². The molecule has 0 spiro atoms. The molecule has 0 N–H and O–H groups in total. The molecule has 1 unspecified atom stereocenters. The number of rotatable bonds is 17. The summed E-state index contributed by atoms with van der Waals surface area (Å²) in [5.41, 5.74) is 0. The average molecular weight is 312 g/mol. The summed E-state index contributed by atoms with van der Waals surface area (Å²) in [5, 5.41) is 10.4. The van der Waals surface area contributed by atoms with E-state index in [1.807, 2.05) is 0 Å². The van der Waals surface area contributed by atoms with Crippen molar-refractivity contribution in [3.63, 3.8) is 0 Å². The van der Waals surface area contributed by atoms with Crippen molar-refractivity contribution >= 4 is 6.29 Å². The van der Waals surface area contributed by atoms with Gasteiger partial charge in [-0.05, 0) is 6.42 Å². The number of carbonyl (C=O) groups excluding carboxylic acids is 1. The minimum Gasteiger partial charge on any atom is -0.283 e. The topological polar surface area (TPSA) is 60.2 Å². The second kappa shape index (κ2) is 16.4. The van der Waals surface area contributed by atoms with E-state index in [2.05, 4.69) is 6.92 Å². The minimum atomic E-state index is -1.11. The lowest BCUT2D eigenvalue weighted by molar-refractivity contribution is -0.503. The molecule has 0 bridgehead atoms. The van der Waals surface area contributed by atoms with Crippen molar-refractivity contribution in [3.8, 4) is 0 Å². The predicted octanol–water partition coefficient (Wildman–Crippen LogP) is 5.61. The van der Waals surface area contributed by atoms with Gasteiger partial charge in [0.1, 0.15) is 0 Å². The van der Waals surface area contributed by atoms with E-state index in [-0.39, 0.29) is 0 Å². The summed E-state index contributed by atoms with van der Waals surface area (Å²) < 4.78 is 0. The SMILES string of the molecule is CCCCCCCCCCCCCCCCC([C]=O)[N+](=O)[O-]. The second-order valence-corrected chi connectivity index (χ2v) is 6.30. The smallest absolute Gasteiger partial charge is 0.278 e. The zero-order valence-corrected chi connectivity index (χ0v) is 14.4. The van der Waals surface area contributed by atoms with E-state index < -0.39 is 11.0 Å². The van der Waals surface area contributed by atoms with Gasteiger partial charge in [-0.1, -0.05) is 90.4 Å². The highest BCUT2D eigenvalue weighted by Crippen LogP contribution is 2.13. The molecule has 0 aromatic heterocycles. The quantitative estimate of drug-likeness (QED) is 0.199.